The number of nitrogens with zero attached hydrogens (tertiary/aromatic N) is 2. The Morgan fingerprint density at radius 2 is 0.573 bits per heavy atom. The number of rotatable bonds is 4. The summed E-state index contributed by atoms with van der Waals surface area (Å²) >= 11 is 6.84. The van der Waals surface area contributed by atoms with E-state index in [0.29, 0.717) is 0 Å². The van der Waals surface area contributed by atoms with Gasteiger partial charge in [0.1, 0.15) is 0 Å². The molecule has 424 valence electrons. The quantitative estimate of drug-likeness (QED) is 0.170. The summed E-state index contributed by atoms with van der Waals surface area (Å²) in [5.74, 6) is 0. The molecule has 0 saturated carbocycles. The zero-order valence-electron chi connectivity index (χ0n) is 50.2. The van der Waals surface area contributed by atoms with Gasteiger partial charge in [-0.2, -0.15) is 0 Å². The minimum Gasteiger partial charge on any atom is -0.358 e. The molecule has 0 aliphatic heterocycles. The van der Waals surface area contributed by atoms with E-state index in [-0.39, 0.29) is 0 Å². The summed E-state index contributed by atoms with van der Waals surface area (Å²) in [7, 11) is 0. The molecule has 0 amide bonds. The van der Waals surface area contributed by atoms with Crippen molar-refractivity contribution in [2.45, 2.75) is 41.5 Å². The second-order valence-electron chi connectivity index (χ2n) is 24.5. The average molecular weight is 1270 g/mol. The summed E-state index contributed by atoms with van der Waals surface area (Å²) < 4.78 is 7.17. The monoisotopic (exact) mass is 1270 g/mol. The van der Waals surface area contributed by atoms with Crippen molar-refractivity contribution in [1.29, 1.82) is 0 Å². The van der Waals surface area contributed by atoms with Crippen LogP contribution in [0.5, 0.6) is 0 Å². The van der Waals surface area contributed by atoms with Crippen LogP contribution in [0.3, 0.4) is 0 Å². The molecule has 3 nitrogen and oxygen atoms in total. The van der Waals surface area contributed by atoms with Crippen LogP contribution >= 0.6 is 31.9 Å². The van der Waals surface area contributed by atoms with Crippen LogP contribution in [0.1, 0.15) is 33.8 Å². The molecule has 89 heavy (non-hydrogen) atoms. The fourth-order valence-electron chi connectivity index (χ4n) is 15.0. The normalized spacial score (nSPS) is 12.0. The molecule has 3 heterocycles. The maximum atomic E-state index is 3.58. The first-order valence-electron chi connectivity index (χ1n) is 30.7. The lowest BCUT2D eigenvalue weighted by Crippen LogP contribution is -1.98. The Morgan fingerprint density at radius 1 is 0.270 bits per heavy atom. The Morgan fingerprint density at radius 3 is 0.944 bits per heavy atom. The smallest absolute Gasteiger partial charge is 0.0613 e. The van der Waals surface area contributed by atoms with Crippen molar-refractivity contribution >= 4 is 162 Å². The largest absolute Gasteiger partial charge is 0.358 e. The number of aromatic amines is 1. The Bertz CT molecular complexity index is 5690. The summed E-state index contributed by atoms with van der Waals surface area (Å²) in [5.41, 5.74) is 19.0. The fraction of sp³-hybridized carbons (Fsp3) is 0.0714. The molecule has 0 unspecified atom stereocenters. The second-order valence-corrected chi connectivity index (χ2v) is 26.3. The zero-order valence-corrected chi connectivity index (χ0v) is 53.4. The van der Waals surface area contributed by atoms with Crippen molar-refractivity contribution in [3.05, 3.63) is 285 Å². The number of fused-ring (bicyclic) bond motifs is 6. The Labute approximate surface area is 532 Å². The molecule has 0 bridgehead atoms. The highest BCUT2D eigenvalue weighted by Gasteiger charge is 2.22. The van der Waals surface area contributed by atoms with E-state index in [1.807, 2.05) is 0 Å². The van der Waals surface area contributed by atoms with Gasteiger partial charge in [-0.3, -0.25) is 0 Å². The molecule has 5 heteroatoms. The number of H-pyrrole nitrogens is 1. The molecule has 0 atom stereocenters. The van der Waals surface area contributed by atoms with Crippen molar-refractivity contribution in [1.82, 2.24) is 14.1 Å². The van der Waals surface area contributed by atoms with E-state index in [0.717, 1.165) is 8.95 Å². The zero-order chi connectivity index (χ0) is 60.1. The molecule has 0 spiro atoms. The molecule has 0 aliphatic rings. The van der Waals surface area contributed by atoms with Crippen LogP contribution in [0.15, 0.2) is 252 Å². The van der Waals surface area contributed by atoms with Crippen LogP contribution in [-0.4, -0.2) is 14.1 Å². The molecule has 0 radical (unpaired) electrons. The predicted octanol–water partition coefficient (Wildman–Crippen LogP) is 24.8. The SMILES string of the molecule is Brc1ccc(-c2ccc(Br)cc2)cc1.Cc1[nH]c2c(cc3ccc4cccc5ccc2c3c45)c1C.Cc1c(C)n(-c2ccc(-c3ccc(-n4c(C)c(C)c5cc6ccc7cccc8ccc(c6c78)c54)cc3)cc2)c2c1cc1ccc3cccc4ccc2c1c34. The Kier molecular flexibility index (Phi) is 12.3. The standard InChI is InChI=1S/C52H36N2.C20H15N.C12H8Br2/c1-29-31(3)53(51-43-25-19-37-9-5-7-35-11-13-39(27-45(29)51)49(43)47(35)37)41-21-15-33(16-22-41)34-17-23-42(24-18-34)54-32(4)30(2)46-28-40-14-12-36-8-6-10-38-20-26-44(52(46)54)50(40)48(36)38;1-11-12(2)21-20-16-9-8-14-5-3-4-13-6-7-15(10-17(11)20)19(16)18(13)14;13-11-5-1-9(2-6-11)10-3-7-12(14)8-4-10/h5-28H,1-4H3;3-10,21H,1-2H3;1-8H. The van der Waals surface area contributed by atoms with Gasteiger partial charge in [0, 0.05) is 69.7 Å². The van der Waals surface area contributed by atoms with Crippen LogP contribution in [0, 0.1) is 41.5 Å². The van der Waals surface area contributed by atoms with Gasteiger partial charge < -0.3 is 14.1 Å². The third kappa shape index (κ3) is 8.28. The van der Waals surface area contributed by atoms with E-state index in [2.05, 4.69) is 330 Å². The second kappa shape index (κ2) is 20.4. The highest BCUT2D eigenvalue weighted by molar-refractivity contribution is 9.10. The van der Waals surface area contributed by atoms with E-state index < -0.39 is 0 Å². The summed E-state index contributed by atoms with van der Waals surface area (Å²) in [6, 6.07) is 89.3. The Hall–Kier alpha value is -9.78. The summed E-state index contributed by atoms with van der Waals surface area (Å²) in [4.78, 5) is 3.58. The van der Waals surface area contributed by atoms with Crippen LogP contribution in [-0.2, 0) is 0 Å². The van der Waals surface area contributed by atoms with Gasteiger partial charge in [0.25, 0.3) is 0 Å². The van der Waals surface area contributed by atoms with Crippen molar-refractivity contribution in [2.75, 3.05) is 0 Å². The van der Waals surface area contributed by atoms with E-state index in [9.17, 15) is 0 Å². The lowest BCUT2D eigenvalue weighted by atomic mass is 9.92. The lowest BCUT2D eigenvalue weighted by Gasteiger charge is -2.15. The number of aryl methyl sites for hydroxylation is 4. The van der Waals surface area contributed by atoms with E-state index in [1.165, 1.54) is 197 Å². The molecule has 16 aromatic carbocycles. The van der Waals surface area contributed by atoms with Crippen molar-refractivity contribution in [3.8, 4) is 33.6 Å². The number of hydrogen-bond acceptors (Lipinski definition) is 0. The van der Waals surface area contributed by atoms with Crippen molar-refractivity contribution in [2.24, 2.45) is 0 Å². The molecule has 0 aliphatic carbocycles. The van der Waals surface area contributed by atoms with Crippen molar-refractivity contribution < 1.29 is 0 Å². The number of halogens is 2. The molecule has 1 N–H and O–H groups in total. The van der Waals surface area contributed by atoms with Gasteiger partial charge in [0.05, 0.1) is 16.6 Å². The topological polar surface area (TPSA) is 25.6 Å². The maximum Gasteiger partial charge on any atom is 0.0613 e. The molecular weight excluding hydrogens is 1210 g/mol. The van der Waals surface area contributed by atoms with Gasteiger partial charge in [0.2, 0.25) is 0 Å². The highest BCUT2D eigenvalue weighted by Crippen LogP contribution is 2.45. The van der Waals surface area contributed by atoms with Crippen LogP contribution in [0.2, 0.25) is 0 Å². The lowest BCUT2D eigenvalue weighted by molar-refractivity contribution is 1.04. The third-order valence-corrected chi connectivity index (χ3v) is 20.8. The van der Waals surface area contributed by atoms with Gasteiger partial charge >= 0.3 is 0 Å². The van der Waals surface area contributed by atoms with Gasteiger partial charge in [0.15, 0.2) is 0 Å². The highest BCUT2D eigenvalue weighted by atomic mass is 79.9. The molecule has 0 fully saturated rings. The number of aromatic nitrogens is 3. The Balaban J connectivity index is 0.000000141. The summed E-state index contributed by atoms with van der Waals surface area (Å²) in [6.07, 6.45) is 0. The minimum atomic E-state index is 1.11. The van der Waals surface area contributed by atoms with Crippen LogP contribution in [0.25, 0.3) is 163 Å². The summed E-state index contributed by atoms with van der Waals surface area (Å²) in [5, 5.41) is 28.0. The van der Waals surface area contributed by atoms with Crippen LogP contribution in [0.4, 0.5) is 0 Å². The first-order chi connectivity index (χ1) is 43.4. The minimum absolute atomic E-state index is 1.11. The van der Waals surface area contributed by atoms with E-state index >= 15 is 0 Å². The maximum absolute atomic E-state index is 3.58. The number of benzene rings is 16. The summed E-state index contributed by atoms with van der Waals surface area (Å²) in [6.45, 7) is 13.4. The van der Waals surface area contributed by atoms with E-state index in [4.69, 9.17) is 0 Å². The van der Waals surface area contributed by atoms with Crippen molar-refractivity contribution in [3.63, 3.8) is 0 Å². The fourth-order valence-corrected chi connectivity index (χ4v) is 15.5. The average Bonchev–Trinajstić information content (AvgIpc) is 1.74. The first-order valence-corrected chi connectivity index (χ1v) is 32.3. The van der Waals surface area contributed by atoms with Gasteiger partial charge in [-0.05, 0) is 228 Å². The van der Waals surface area contributed by atoms with Gasteiger partial charge in [-0.25, -0.2) is 0 Å². The molecule has 19 aromatic rings. The van der Waals surface area contributed by atoms with E-state index in [1.54, 1.807) is 0 Å². The predicted molar refractivity (Wildman–Crippen MR) is 391 cm³/mol. The molecule has 0 saturated heterocycles. The molecule has 19 rings (SSSR count). The third-order valence-electron chi connectivity index (χ3n) is 19.8. The first kappa shape index (κ1) is 53.5. The number of nitrogens with one attached hydrogen (secondary N) is 1. The molecular formula is C84H59Br2N3. The number of hydrogen-bond donors (Lipinski definition) is 1. The van der Waals surface area contributed by atoms with Gasteiger partial charge in [-0.1, -0.05) is 208 Å². The molecule has 3 aromatic heterocycles. The van der Waals surface area contributed by atoms with Crippen LogP contribution < -0.4 is 0 Å². The van der Waals surface area contributed by atoms with Gasteiger partial charge in [-0.15, -0.1) is 0 Å².